The Kier molecular flexibility index (Phi) is 8.14. The summed E-state index contributed by atoms with van der Waals surface area (Å²) >= 11 is 0. The number of aryl methyl sites for hydroxylation is 1. The van der Waals surface area contributed by atoms with Crippen molar-refractivity contribution in [1.29, 1.82) is 0 Å². The molecule has 0 fully saturated rings. The van der Waals surface area contributed by atoms with Gasteiger partial charge in [-0.05, 0) is 47.4 Å². The molecule has 4 aromatic carbocycles. The number of para-hydroxylation sites is 1. The molecule has 0 bridgehead atoms. The molecule has 0 unspecified atom stereocenters. The standard InChI is InChI=1S/C31H29NO4/c1-2-22-12-14-24(15-13-22)21-36-26-18-16-23(17-19-26)20-29(31(34)35)32-28-11-7-6-10-27(28)30(33)25-8-4-3-5-9-25/h3-19,29,32H,2,20-21H2,1H3,(H,34,35)/t29-/m0/s1. The van der Waals surface area contributed by atoms with Gasteiger partial charge in [0.05, 0.1) is 0 Å². The van der Waals surface area contributed by atoms with Gasteiger partial charge in [0.2, 0.25) is 0 Å². The second-order valence-electron chi connectivity index (χ2n) is 8.58. The summed E-state index contributed by atoms with van der Waals surface area (Å²) in [5.41, 5.74) is 4.71. The van der Waals surface area contributed by atoms with Crippen LogP contribution < -0.4 is 10.1 Å². The van der Waals surface area contributed by atoms with E-state index in [1.807, 2.05) is 30.3 Å². The first-order valence-electron chi connectivity index (χ1n) is 12.0. The van der Waals surface area contributed by atoms with Gasteiger partial charge >= 0.3 is 5.97 Å². The van der Waals surface area contributed by atoms with Gasteiger partial charge in [-0.1, -0.05) is 85.8 Å². The number of hydrogen-bond donors (Lipinski definition) is 2. The van der Waals surface area contributed by atoms with E-state index in [0.717, 1.165) is 23.3 Å². The van der Waals surface area contributed by atoms with Crippen LogP contribution in [0, 0.1) is 0 Å². The lowest BCUT2D eigenvalue weighted by Crippen LogP contribution is -2.32. The molecule has 0 aliphatic carbocycles. The quantitative estimate of drug-likeness (QED) is 0.252. The molecule has 0 radical (unpaired) electrons. The van der Waals surface area contributed by atoms with Gasteiger partial charge in [-0.3, -0.25) is 4.79 Å². The van der Waals surface area contributed by atoms with Crippen molar-refractivity contribution in [2.45, 2.75) is 32.4 Å². The third-order valence-corrected chi connectivity index (χ3v) is 6.04. The predicted molar refractivity (Wildman–Crippen MR) is 142 cm³/mol. The average molecular weight is 480 g/mol. The van der Waals surface area contributed by atoms with Gasteiger partial charge in [0, 0.05) is 23.2 Å². The van der Waals surface area contributed by atoms with E-state index in [2.05, 4.69) is 36.5 Å². The highest BCUT2D eigenvalue weighted by Gasteiger charge is 2.21. The summed E-state index contributed by atoms with van der Waals surface area (Å²) in [6.07, 6.45) is 1.26. The summed E-state index contributed by atoms with van der Waals surface area (Å²) in [6.45, 7) is 2.59. The molecule has 2 N–H and O–H groups in total. The van der Waals surface area contributed by atoms with Crippen molar-refractivity contribution in [2.75, 3.05) is 5.32 Å². The predicted octanol–water partition coefficient (Wildman–Crippen LogP) is 6.17. The zero-order chi connectivity index (χ0) is 25.3. The van der Waals surface area contributed by atoms with Gasteiger partial charge in [-0.15, -0.1) is 0 Å². The van der Waals surface area contributed by atoms with Gasteiger partial charge in [0.25, 0.3) is 0 Å². The number of nitrogens with one attached hydrogen (secondary N) is 1. The van der Waals surface area contributed by atoms with E-state index in [1.54, 1.807) is 48.5 Å². The van der Waals surface area contributed by atoms with Crippen LogP contribution in [0.15, 0.2) is 103 Å². The molecular weight excluding hydrogens is 450 g/mol. The Labute approximate surface area is 211 Å². The number of carboxylic acid groups (broad SMARTS) is 1. The summed E-state index contributed by atoms with van der Waals surface area (Å²) in [4.78, 5) is 25.1. The Morgan fingerprint density at radius 3 is 2.06 bits per heavy atom. The van der Waals surface area contributed by atoms with Crippen molar-refractivity contribution in [3.05, 3.63) is 131 Å². The molecule has 0 aliphatic rings. The molecular formula is C31H29NO4. The fraction of sp³-hybridized carbons (Fsp3) is 0.161. The molecule has 0 aliphatic heterocycles. The molecule has 0 saturated heterocycles. The number of rotatable bonds is 11. The summed E-state index contributed by atoms with van der Waals surface area (Å²) in [7, 11) is 0. The van der Waals surface area contributed by atoms with Crippen LogP contribution in [0.4, 0.5) is 5.69 Å². The first-order valence-corrected chi connectivity index (χ1v) is 12.0. The van der Waals surface area contributed by atoms with Crippen LogP contribution in [0.3, 0.4) is 0 Å². The lowest BCUT2D eigenvalue weighted by Gasteiger charge is -2.18. The summed E-state index contributed by atoms with van der Waals surface area (Å²) < 4.78 is 5.88. The minimum absolute atomic E-state index is 0.159. The number of carbonyl (C=O) groups is 2. The van der Waals surface area contributed by atoms with Gasteiger partial charge in [-0.25, -0.2) is 4.79 Å². The Bertz CT molecular complexity index is 1300. The Morgan fingerprint density at radius 2 is 1.39 bits per heavy atom. The topological polar surface area (TPSA) is 75.6 Å². The van der Waals surface area contributed by atoms with Crippen molar-refractivity contribution in [1.82, 2.24) is 0 Å². The van der Waals surface area contributed by atoms with Crippen LogP contribution >= 0.6 is 0 Å². The fourth-order valence-electron chi connectivity index (χ4n) is 3.94. The second-order valence-corrected chi connectivity index (χ2v) is 8.58. The molecule has 5 heteroatoms. The molecule has 0 heterocycles. The normalized spacial score (nSPS) is 11.5. The molecule has 182 valence electrons. The van der Waals surface area contributed by atoms with Crippen molar-refractivity contribution in [3.63, 3.8) is 0 Å². The number of ketones is 1. The van der Waals surface area contributed by atoms with Gasteiger partial charge in [0.1, 0.15) is 18.4 Å². The van der Waals surface area contributed by atoms with E-state index < -0.39 is 12.0 Å². The first-order chi connectivity index (χ1) is 17.5. The SMILES string of the molecule is CCc1ccc(COc2ccc(C[C@H](Nc3ccccc3C(=O)c3ccccc3)C(=O)O)cc2)cc1. The van der Waals surface area contributed by atoms with Crippen molar-refractivity contribution in [3.8, 4) is 5.75 Å². The minimum Gasteiger partial charge on any atom is -0.489 e. The van der Waals surface area contributed by atoms with Crippen LogP contribution in [-0.4, -0.2) is 22.9 Å². The Morgan fingerprint density at radius 1 is 0.778 bits per heavy atom. The first kappa shape index (κ1) is 24.7. The van der Waals surface area contributed by atoms with E-state index in [4.69, 9.17) is 4.74 Å². The van der Waals surface area contributed by atoms with Crippen LogP contribution in [-0.2, 0) is 24.2 Å². The fourth-order valence-corrected chi connectivity index (χ4v) is 3.94. The highest BCUT2D eigenvalue weighted by molar-refractivity contribution is 6.12. The lowest BCUT2D eigenvalue weighted by molar-refractivity contribution is -0.137. The summed E-state index contributed by atoms with van der Waals surface area (Å²) in [6, 6.07) is 30.8. The average Bonchev–Trinajstić information content (AvgIpc) is 2.93. The van der Waals surface area contributed by atoms with Gasteiger partial charge in [0.15, 0.2) is 5.78 Å². The summed E-state index contributed by atoms with van der Waals surface area (Å²) in [5.74, 6) is -0.432. The van der Waals surface area contributed by atoms with E-state index in [1.165, 1.54) is 5.56 Å². The molecule has 0 amide bonds. The third kappa shape index (κ3) is 6.39. The molecule has 0 aromatic heterocycles. The number of carboxylic acids is 1. The molecule has 4 aromatic rings. The van der Waals surface area contributed by atoms with E-state index >= 15 is 0 Å². The number of anilines is 1. The van der Waals surface area contributed by atoms with Gasteiger partial charge < -0.3 is 15.2 Å². The van der Waals surface area contributed by atoms with Crippen molar-refractivity contribution in [2.24, 2.45) is 0 Å². The molecule has 1 atom stereocenters. The molecule has 5 nitrogen and oxygen atoms in total. The monoisotopic (exact) mass is 479 g/mol. The molecule has 36 heavy (non-hydrogen) atoms. The molecule has 0 saturated carbocycles. The largest absolute Gasteiger partial charge is 0.489 e. The molecule has 0 spiro atoms. The highest BCUT2D eigenvalue weighted by atomic mass is 16.5. The number of carbonyl (C=O) groups excluding carboxylic acids is 1. The summed E-state index contributed by atoms with van der Waals surface area (Å²) in [5, 5.41) is 12.9. The van der Waals surface area contributed by atoms with Crippen LogP contribution in [0.1, 0.15) is 39.5 Å². The van der Waals surface area contributed by atoms with Crippen LogP contribution in [0.2, 0.25) is 0 Å². The molecule has 4 rings (SSSR count). The highest BCUT2D eigenvalue weighted by Crippen LogP contribution is 2.22. The number of aliphatic carboxylic acids is 1. The maximum Gasteiger partial charge on any atom is 0.326 e. The maximum atomic E-state index is 13.0. The van der Waals surface area contributed by atoms with Crippen molar-refractivity contribution >= 4 is 17.4 Å². The van der Waals surface area contributed by atoms with Crippen LogP contribution in [0.5, 0.6) is 5.75 Å². The van der Waals surface area contributed by atoms with E-state index in [0.29, 0.717) is 23.4 Å². The second kappa shape index (κ2) is 11.8. The minimum atomic E-state index is -0.993. The zero-order valence-electron chi connectivity index (χ0n) is 20.2. The van der Waals surface area contributed by atoms with E-state index in [-0.39, 0.29) is 12.2 Å². The zero-order valence-corrected chi connectivity index (χ0v) is 20.2. The smallest absolute Gasteiger partial charge is 0.326 e. The van der Waals surface area contributed by atoms with Crippen molar-refractivity contribution < 1.29 is 19.4 Å². The Balaban J connectivity index is 1.42. The maximum absolute atomic E-state index is 13.0. The number of hydrogen-bond acceptors (Lipinski definition) is 4. The number of benzene rings is 4. The van der Waals surface area contributed by atoms with Crippen LogP contribution in [0.25, 0.3) is 0 Å². The number of ether oxygens (including phenoxy) is 1. The lowest BCUT2D eigenvalue weighted by atomic mass is 10.00. The Hall–Kier alpha value is -4.38. The van der Waals surface area contributed by atoms with E-state index in [9.17, 15) is 14.7 Å². The third-order valence-electron chi connectivity index (χ3n) is 6.04. The van der Waals surface area contributed by atoms with Gasteiger partial charge in [-0.2, -0.15) is 0 Å².